The standard InChI is InChI=1S/C17H21BBrF3O4/c1-15(2)16(3,4)26-18(25-15)12(9-14(23)24-5)11-8-10(17(20,21)22)6-7-13(11)19/h6-8,12H,9H2,1-5H3. The normalized spacial score (nSPS) is 20.1. The molecular weight excluding hydrogens is 416 g/mol. The van der Waals surface area contributed by atoms with Gasteiger partial charge in [-0.05, 0) is 51.5 Å². The highest BCUT2D eigenvalue weighted by Crippen LogP contribution is 2.44. The molecular formula is C17H21BBrF3O4. The smallest absolute Gasteiger partial charge is 0.466 e. The Kier molecular flexibility index (Phi) is 5.86. The Hall–Kier alpha value is -1.06. The molecule has 1 heterocycles. The lowest BCUT2D eigenvalue weighted by atomic mass is 9.66. The van der Waals surface area contributed by atoms with E-state index in [1.807, 2.05) is 27.7 Å². The molecule has 0 spiro atoms. The van der Waals surface area contributed by atoms with Gasteiger partial charge in [-0.15, -0.1) is 0 Å². The zero-order valence-corrected chi connectivity index (χ0v) is 16.8. The van der Waals surface area contributed by atoms with Crippen LogP contribution in [-0.4, -0.2) is 31.4 Å². The van der Waals surface area contributed by atoms with E-state index in [-0.39, 0.29) is 12.0 Å². The van der Waals surface area contributed by atoms with Crippen LogP contribution in [0.25, 0.3) is 0 Å². The molecule has 2 rings (SSSR count). The second kappa shape index (κ2) is 7.17. The van der Waals surface area contributed by atoms with E-state index < -0.39 is 41.8 Å². The van der Waals surface area contributed by atoms with E-state index in [9.17, 15) is 18.0 Å². The fraction of sp³-hybridized carbons (Fsp3) is 0.588. The first kappa shape index (κ1) is 21.2. The van der Waals surface area contributed by atoms with Gasteiger partial charge in [0.2, 0.25) is 0 Å². The number of hydrogen-bond acceptors (Lipinski definition) is 4. The van der Waals surface area contributed by atoms with Crippen molar-refractivity contribution in [2.24, 2.45) is 0 Å². The van der Waals surface area contributed by atoms with Gasteiger partial charge in [-0.3, -0.25) is 4.79 Å². The number of alkyl halides is 3. The molecule has 0 bridgehead atoms. The van der Waals surface area contributed by atoms with Crippen LogP contribution in [0, 0.1) is 0 Å². The minimum atomic E-state index is -4.50. The molecule has 1 aliphatic heterocycles. The van der Waals surface area contributed by atoms with Gasteiger partial charge in [-0.25, -0.2) is 0 Å². The Morgan fingerprint density at radius 3 is 2.23 bits per heavy atom. The molecule has 1 aliphatic rings. The Labute approximate surface area is 159 Å². The van der Waals surface area contributed by atoms with Crippen molar-refractivity contribution in [1.29, 1.82) is 0 Å². The minimum Gasteiger partial charge on any atom is -0.469 e. The van der Waals surface area contributed by atoms with E-state index in [1.165, 1.54) is 13.2 Å². The van der Waals surface area contributed by atoms with E-state index >= 15 is 0 Å². The summed E-state index contributed by atoms with van der Waals surface area (Å²) in [6.07, 6.45) is -4.67. The van der Waals surface area contributed by atoms with E-state index in [2.05, 4.69) is 15.9 Å². The molecule has 0 radical (unpaired) electrons. The van der Waals surface area contributed by atoms with Crippen molar-refractivity contribution in [3.05, 3.63) is 33.8 Å². The van der Waals surface area contributed by atoms with E-state index in [0.29, 0.717) is 4.47 Å². The number of carbonyl (C=O) groups is 1. The molecule has 1 unspecified atom stereocenters. The van der Waals surface area contributed by atoms with Crippen molar-refractivity contribution >= 4 is 29.0 Å². The maximum Gasteiger partial charge on any atom is 0.466 e. The summed E-state index contributed by atoms with van der Waals surface area (Å²) in [7, 11) is 0.337. The molecule has 9 heteroatoms. The van der Waals surface area contributed by atoms with Crippen LogP contribution in [0.2, 0.25) is 0 Å². The summed E-state index contributed by atoms with van der Waals surface area (Å²) in [6.45, 7) is 7.35. The van der Waals surface area contributed by atoms with Crippen LogP contribution in [0.4, 0.5) is 13.2 Å². The van der Waals surface area contributed by atoms with Crippen molar-refractivity contribution < 1.29 is 32.0 Å². The largest absolute Gasteiger partial charge is 0.469 e. The minimum absolute atomic E-state index is 0.173. The predicted octanol–water partition coefficient (Wildman–Crippen LogP) is 4.75. The van der Waals surface area contributed by atoms with Crippen molar-refractivity contribution in [3.8, 4) is 0 Å². The number of ether oxygens (including phenoxy) is 1. The summed E-state index contributed by atoms with van der Waals surface area (Å²) in [6, 6.07) is 3.31. The lowest BCUT2D eigenvalue weighted by Gasteiger charge is -2.32. The van der Waals surface area contributed by atoms with Gasteiger partial charge in [0.1, 0.15) is 0 Å². The number of halogens is 4. The van der Waals surface area contributed by atoms with Crippen LogP contribution in [0.1, 0.15) is 51.1 Å². The van der Waals surface area contributed by atoms with Crippen molar-refractivity contribution in [3.63, 3.8) is 0 Å². The van der Waals surface area contributed by atoms with Crippen molar-refractivity contribution in [2.45, 2.75) is 57.3 Å². The quantitative estimate of drug-likeness (QED) is 0.504. The molecule has 1 fully saturated rings. The van der Waals surface area contributed by atoms with Crippen LogP contribution in [0.3, 0.4) is 0 Å². The first-order valence-corrected chi connectivity index (χ1v) is 8.87. The van der Waals surface area contributed by atoms with Crippen LogP contribution in [-0.2, 0) is 25.0 Å². The Morgan fingerprint density at radius 1 is 1.23 bits per heavy atom. The highest BCUT2D eigenvalue weighted by atomic mass is 79.9. The number of rotatable bonds is 4. The SMILES string of the molecule is COC(=O)CC(B1OC(C)(C)C(C)(C)O1)c1cc(C(F)(F)F)ccc1Br. The summed E-state index contributed by atoms with van der Waals surface area (Å²) < 4.78 is 56.5. The summed E-state index contributed by atoms with van der Waals surface area (Å²) >= 11 is 3.28. The van der Waals surface area contributed by atoms with Crippen LogP contribution in [0.15, 0.2) is 22.7 Å². The third kappa shape index (κ3) is 4.26. The predicted molar refractivity (Wildman–Crippen MR) is 94.6 cm³/mol. The second-order valence-electron chi connectivity index (χ2n) is 7.25. The zero-order valence-electron chi connectivity index (χ0n) is 15.2. The second-order valence-corrected chi connectivity index (χ2v) is 8.10. The molecule has 1 aromatic carbocycles. The number of methoxy groups -OCH3 is 1. The number of hydrogen-bond donors (Lipinski definition) is 0. The topological polar surface area (TPSA) is 44.8 Å². The van der Waals surface area contributed by atoms with Gasteiger partial charge in [0.15, 0.2) is 0 Å². The molecule has 0 N–H and O–H groups in total. The molecule has 0 amide bonds. The number of benzene rings is 1. The number of esters is 1. The van der Waals surface area contributed by atoms with Gasteiger partial charge >= 0.3 is 19.3 Å². The molecule has 1 atom stereocenters. The summed E-state index contributed by atoms with van der Waals surface area (Å²) in [5.74, 6) is -1.32. The van der Waals surface area contributed by atoms with Crippen LogP contribution < -0.4 is 0 Å². The third-order valence-corrected chi connectivity index (χ3v) is 5.66. The van der Waals surface area contributed by atoms with E-state index in [1.54, 1.807) is 0 Å². The molecule has 26 heavy (non-hydrogen) atoms. The average molecular weight is 437 g/mol. The molecule has 144 valence electrons. The lowest BCUT2D eigenvalue weighted by molar-refractivity contribution is -0.140. The van der Waals surface area contributed by atoms with Gasteiger partial charge in [0.25, 0.3) is 0 Å². The summed E-state index contributed by atoms with van der Waals surface area (Å²) in [5.41, 5.74) is -1.88. The molecule has 0 aromatic heterocycles. The number of carbonyl (C=O) groups excluding carboxylic acids is 1. The van der Waals surface area contributed by atoms with Gasteiger partial charge in [0.05, 0.1) is 30.3 Å². The highest BCUT2D eigenvalue weighted by Gasteiger charge is 2.54. The Morgan fingerprint density at radius 2 is 1.77 bits per heavy atom. The maximum atomic E-state index is 13.1. The fourth-order valence-electron chi connectivity index (χ4n) is 2.67. The average Bonchev–Trinajstić information content (AvgIpc) is 2.72. The molecule has 0 saturated carbocycles. The van der Waals surface area contributed by atoms with E-state index in [0.717, 1.165) is 12.1 Å². The molecule has 4 nitrogen and oxygen atoms in total. The van der Waals surface area contributed by atoms with Crippen molar-refractivity contribution in [2.75, 3.05) is 7.11 Å². The third-order valence-electron chi connectivity index (χ3n) is 4.94. The lowest BCUT2D eigenvalue weighted by Crippen LogP contribution is -2.41. The first-order valence-electron chi connectivity index (χ1n) is 8.07. The monoisotopic (exact) mass is 436 g/mol. The Balaban J connectivity index is 2.48. The molecule has 0 aliphatic carbocycles. The zero-order chi connectivity index (χ0) is 19.9. The fourth-order valence-corrected chi connectivity index (χ4v) is 3.21. The highest BCUT2D eigenvalue weighted by molar-refractivity contribution is 9.10. The molecule has 1 aromatic rings. The van der Waals surface area contributed by atoms with Gasteiger partial charge < -0.3 is 14.0 Å². The summed E-state index contributed by atoms with van der Waals surface area (Å²) in [4.78, 5) is 11.9. The van der Waals surface area contributed by atoms with Crippen molar-refractivity contribution in [1.82, 2.24) is 0 Å². The van der Waals surface area contributed by atoms with Crippen LogP contribution >= 0.6 is 15.9 Å². The van der Waals surface area contributed by atoms with Gasteiger partial charge in [-0.1, -0.05) is 15.9 Å². The Bertz CT molecular complexity index is 675. The van der Waals surface area contributed by atoms with E-state index in [4.69, 9.17) is 14.0 Å². The first-order chi connectivity index (χ1) is 11.8. The van der Waals surface area contributed by atoms with Gasteiger partial charge in [-0.2, -0.15) is 13.2 Å². The molecule has 1 saturated heterocycles. The van der Waals surface area contributed by atoms with Gasteiger partial charge in [0, 0.05) is 10.3 Å². The van der Waals surface area contributed by atoms with Crippen LogP contribution in [0.5, 0.6) is 0 Å². The maximum absolute atomic E-state index is 13.1. The summed E-state index contributed by atoms with van der Waals surface area (Å²) in [5, 5.41) is 0.